The van der Waals surface area contributed by atoms with Gasteiger partial charge in [0.1, 0.15) is 12.1 Å². The molecule has 4 aromatic heterocycles. The van der Waals surface area contributed by atoms with Crippen molar-refractivity contribution < 1.29 is 4.79 Å². The molecular formula is C19H18N8O. The quantitative estimate of drug-likeness (QED) is 0.536. The predicted octanol–water partition coefficient (Wildman–Crippen LogP) is 1.85. The topological polar surface area (TPSA) is 103 Å². The second-order valence-electron chi connectivity index (χ2n) is 5.97. The molecule has 9 heteroatoms. The van der Waals surface area contributed by atoms with Gasteiger partial charge in [-0.3, -0.25) is 4.57 Å². The van der Waals surface area contributed by atoms with Crippen LogP contribution < -0.4 is 10.6 Å². The molecule has 4 rings (SSSR count). The summed E-state index contributed by atoms with van der Waals surface area (Å²) >= 11 is 0. The fourth-order valence-electron chi connectivity index (χ4n) is 2.67. The van der Waals surface area contributed by atoms with Gasteiger partial charge < -0.3 is 10.6 Å². The number of urea groups is 1. The third-order valence-electron chi connectivity index (χ3n) is 4.06. The van der Waals surface area contributed by atoms with Crippen molar-refractivity contribution in [2.45, 2.75) is 13.1 Å². The highest BCUT2D eigenvalue weighted by molar-refractivity contribution is 5.73. The maximum atomic E-state index is 12.1. The molecule has 0 aromatic carbocycles. The maximum absolute atomic E-state index is 12.1. The lowest BCUT2D eigenvalue weighted by atomic mass is 10.2. The van der Waals surface area contributed by atoms with Crippen molar-refractivity contribution in [2.24, 2.45) is 0 Å². The number of rotatable bonds is 6. The molecule has 0 radical (unpaired) electrons. The van der Waals surface area contributed by atoms with Gasteiger partial charge in [-0.15, -0.1) is 0 Å². The summed E-state index contributed by atoms with van der Waals surface area (Å²) in [5, 5.41) is 9.81. The van der Waals surface area contributed by atoms with Gasteiger partial charge in [-0.1, -0.05) is 12.1 Å². The number of imidazole rings is 1. The highest BCUT2D eigenvalue weighted by Gasteiger charge is 2.07. The molecule has 9 nitrogen and oxygen atoms in total. The molecule has 4 heterocycles. The number of carbonyl (C=O) groups excluding carboxylic acids is 1. The van der Waals surface area contributed by atoms with Crippen molar-refractivity contribution in [3.05, 3.63) is 85.0 Å². The molecule has 0 unspecified atom stereocenters. The molecule has 0 aliphatic heterocycles. The van der Waals surface area contributed by atoms with Gasteiger partial charge in [-0.05, 0) is 23.8 Å². The molecule has 0 saturated carbocycles. The van der Waals surface area contributed by atoms with E-state index >= 15 is 0 Å². The zero-order chi connectivity index (χ0) is 19.2. The van der Waals surface area contributed by atoms with Crippen LogP contribution >= 0.6 is 0 Å². The predicted molar refractivity (Wildman–Crippen MR) is 102 cm³/mol. The van der Waals surface area contributed by atoms with Crippen molar-refractivity contribution in [1.29, 1.82) is 0 Å². The van der Waals surface area contributed by atoms with Crippen molar-refractivity contribution in [3.8, 4) is 11.6 Å². The first-order chi connectivity index (χ1) is 13.8. The highest BCUT2D eigenvalue weighted by Crippen LogP contribution is 2.10. The van der Waals surface area contributed by atoms with E-state index in [4.69, 9.17) is 0 Å². The van der Waals surface area contributed by atoms with Gasteiger partial charge in [0, 0.05) is 55.8 Å². The summed E-state index contributed by atoms with van der Waals surface area (Å²) < 4.78 is 3.48. The lowest BCUT2D eigenvalue weighted by molar-refractivity contribution is 0.240. The minimum Gasteiger partial charge on any atom is -0.334 e. The largest absolute Gasteiger partial charge is 0.334 e. The third kappa shape index (κ3) is 4.04. The Morgan fingerprint density at radius 2 is 1.89 bits per heavy atom. The van der Waals surface area contributed by atoms with Gasteiger partial charge in [0.05, 0.1) is 0 Å². The molecule has 0 aliphatic rings. The van der Waals surface area contributed by atoms with E-state index in [0.29, 0.717) is 13.1 Å². The second-order valence-corrected chi connectivity index (χ2v) is 5.97. The number of nitrogens with zero attached hydrogens (tertiary/aromatic N) is 6. The minimum atomic E-state index is -0.267. The van der Waals surface area contributed by atoms with Crippen molar-refractivity contribution in [3.63, 3.8) is 0 Å². The number of hydrogen-bond acceptors (Lipinski definition) is 5. The number of nitrogens with one attached hydrogen (secondary N) is 2. The van der Waals surface area contributed by atoms with Crippen LogP contribution in [0, 0.1) is 0 Å². The van der Waals surface area contributed by atoms with Crippen LogP contribution in [-0.2, 0) is 13.1 Å². The SMILES string of the molecule is O=C(NCc1ccc(-n2cccn2)nc1)NCc1cccnc1-n1ccnc1. The Morgan fingerprint density at radius 1 is 0.964 bits per heavy atom. The number of carbonyl (C=O) groups is 1. The van der Waals surface area contributed by atoms with Gasteiger partial charge in [0.15, 0.2) is 5.82 Å². The fourth-order valence-corrected chi connectivity index (χ4v) is 2.67. The molecular weight excluding hydrogens is 356 g/mol. The van der Waals surface area contributed by atoms with Gasteiger partial charge >= 0.3 is 6.03 Å². The fraction of sp³-hybridized carbons (Fsp3) is 0.105. The van der Waals surface area contributed by atoms with E-state index < -0.39 is 0 Å². The molecule has 140 valence electrons. The Labute approximate surface area is 161 Å². The molecule has 0 fully saturated rings. The number of aromatic nitrogens is 6. The van der Waals surface area contributed by atoms with Crippen LogP contribution in [0.1, 0.15) is 11.1 Å². The summed E-state index contributed by atoms with van der Waals surface area (Å²) in [4.78, 5) is 24.9. The monoisotopic (exact) mass is 374 g/mol. The summed E-state index contributed by atoms with van der Waals surface area (Å²) in [6.07, 6.45) is 12.1. The van der Waals surface area contributed by atoms with E-state index in [0.717, 1.165) is 22.8 Å². The van der Waals surface area contributed by atoms with E-state index in [2.05, 4.69) is 30.7 Å². The summed E-state index contributed by atoms with van der Waals surface area (Å²) in [6, 6.07) is 9.08. The molecule has 0 atom stereocenters. The molecule has 4 aromatic rings. The van der Waals surface area contributed by atoms with E-state index in [-0.39, 0.29) is 6.03 Å². The highest BCUT2D eigenvalue weighted by atomic mass is 16.2. The van der Waals surface area contributed by atoms with Crippen molar-refractivity contribution >= 4 is 6.03 Å². The van der Waals surface area contributed by atoms with Crippen molar-refractivity contribution in [1.82, 2.24) is 39.9 Å². The number of pyridine rings is 2. The lowest BCUT2D eigenvalue weighted by Crippen LogP contribution is -2.34. The average Bonchev–Trinajstić information content (AvgIpc) is 3.46. The van der Waals surface area contributed by atoms with E-state index in [9.17, 15) is 4.79 Å². The van der Waals surface area contributed by atoms with E-state index in [1.54, 1.807) is 35.8 Å². The molecule has 0 aliphatic carbocycles. The minimum absolute atomic E-state index is 0.267. The summed E-state index contributed by atoms with van der Waals surface area (Å²) in [5.41, 5.74) is 1.78. The van der Waals surface area contributed by atoms with Crippen molar-refractivity contribution in [2.75, 3.05) is 0 Å². The van der Waals surface area contributed by atoms with Gasteiger partial charge in [0.25, 0.3) is 0 Å². The van der Waals surface area contributed by atoms with Crippen LogP contribution in [0.25, 0.3) is 11.6 Å². The zero-order valence-corrected chi connectivity index (χ0v) is 14.9. The molecule has 2 amide bonds. The Morgan fingerprint density at radius 3 is 2.64 bits per heavy atom. The number of amides is 2. The van der Waals surface area contributed by atoms with Gasteiger partial charge in [0.2, 0.25) is 0 Å². The Balaban J connectivity index is 1.31. The summed E-state index contributed by atoms with van der Waals surface area (Å²) in [5.74, 6) is 1.46. The normalized spacial score (nSPS) is 10.6. The standard InChI is InChI=1S/C19H18N8O/c28-19(23-12-15-4-5-17(22-11-15)27-9-2-7-25-27)24-13-16-3-1-6-21-18(16)26-10-8-20-14-26/h1-11,14H,12-13H2,(H2,23,24,28). The maximum Gasteiger partial charge on any atom is 0.315 e. The Hall–Kier alpha value is -4.01. The van der Waals surface area contributed by atoms with Crippen LogP contribution in [0.5, 0.6) is 0 Å². The molecule has 0 spiro atoms. The third-order valence-corrected chi connectivity index (χ3v) is 4.06. The van der Waals surface area contributed by atoms with Gasteiger partial charge in [-0.2, -0.15) is 5.10 Å². The van der Waals surface area contributed by atoms with Crippen LogP contribution in [-0.4, -0.2) is 35.3 Å². The van der Waals surface area contributed by atoms with Crippen LogP contribution in [0.3, 0.4) is 0 Å². The first-order valence-corrected chi connectivity index (χ1v) is 8.68. The number of hydrogen-bond donors (Lipinski definition) is 2. The average molecular weight is 374 g/mol. The van der Waals surface area contributed by atoms with Crippen LogP contribution in [0.2, 0.25) is 0 Å². The Kier molecular flexibility index (Phi) is 5.05. The van der Waals surface area contributed by atoms with Crippen LogP contribution in [0.4, 0.5) is 4.79 Å². The lowest BCUT2D eigenvalue weighted by Gasteiger charge is -2.11. The first-order valence-electron chi connectivity index (χ1n) is 8.68. The molecule has 0 bridgehead atoms. The Bertz CT molecular complexity index is 1030. The molecule has 2 N–H and O–H groups in total. The zero-order valence-electron chi connectivity index (χ0n) is 14.9. The smallest absolute Gasteiger partial charge is 0.315 e. The summed E-state index contributed by atoms with van der Waals surface area (Å²) in [6.45, 7) is 0.726. The van der Waals surface area contributed by atoms with Gasteiger partial charge in [-0.25, -0.2) is 24.4 Å². The van der Waals surface area contributed by atoms with E-state index in [1.165, 1.54) is 0 Å². The molecule has 0 saturated heterocycles. The first kappa shape index (κ1) is 17.4. The summed E-state index contributed by atoms with van der Waals surface area (Å²) in [7, 11) is 0. The van der Waals surface area contributed by atoms with Crippen LogP contribution in [0.15, 0.2) is 73.8 Å². The second kappa shape index (κ2) is 8.12. The molecule has 28 heavy (non-hydrogen) atoms. The van der Waals surface area contributed by atoms with E-state index in [1.807, 2.05) is 47.3 Å².